The number of aryl methyl sites for hydroxylation is 4. The first kappa shape index (κ1) is 69.2. The van der Waals surface area contributed by atoms with Crippen LogP contribution >= 0.6 is 23.2 Å². The van der Waals surface area contributed by atoms with Crippen molar-refractivity contribution >= 4 is 109 Å². The molecular weight excluding hydrogens is 1140 g/mol. The number of nitrogens with one attached hydrogen (secondary N) is 2. The lowest BCUT2D eigenvalue weighted by Crippen LogP contribution is -2.50. The largest absolute Gasteiger partial charge is 0.351 e. The Bertz CT molecular complexity index is 2840. The van der Waals surface area contributed by atoms with Crippen LogP contribution in [0.4, 0.5) is 29.7 Å². The number of piperidine rings is 2. The third-order valence-electron chi connectivity index (χ3n) is 15.4. The summed E-state index contributed by atoms with van der Waals surface area (Å²) in [5.41, 5.74) is 15.0. The zero-order valence-electron chi connectivity index (χ0n) is 48.3. The van der Waals surface area contributed by atoms with Gasteiger partial charge in [-0.3, -0.25) is 29.4 Å². The van der Waals surface area contributed by atoms with Gasteiger partial charge in [-0.2, -0.15) is 8.61 Å². The van der Waals surface area contributed by atoms with Gasteiger partial charge in [-0.05, 0) is 149 Å². The summed E-state index contributed by atoms with van der Waals surface area (Å²) in [6, 6.07) is 5.98. The minimum absolute atomic E-state index is 0.0369. The van der Waals surface area contributed by atoms with Crippen molar-refractivity contribution in [1.82, 2.24) is 19.2 Å². The van der Waals surface area contributed by atoms with Crippen molar-refractivity contribution in [1.29, 1.82) is 0 Å². The predicted molar refractivity (Wildman–Crippen MR) is 324 cm³/mol. The Kier molecular flexibility index (Phi) is 27.5. The lowest BCUT2D eigenvalue weighted by atomic mass is 9.89. The van der Waals surface area contributed by atoms with Gasteiger partial charge < -0.3 is 26.9 Å². The van der Waals surface area contributed by atoms with E-state index in [9.17, 15) is 49.6 Å². The monoisotopic (exact) mass is 1220 g/mol. The zero-order chi connectivity index (χ0) is 60.8. The summed E-state index contributed by atoms with van der Waals surface area (Å²) in [7, 11) is -4.26. The van der Waals surface area contributed by atoms with E-state index in [1.165, 1.54) is 29.2 Å². The molecule has 2 saturated heterocycles. The van der Waals surface area contributed by atoms with E-state index in [1.807, 2.05) is 27.7 Å². The average molecular weight is 1230 g/mol. The molecule has 2 aromatic carbocycles. The van der Waals surface area contributed by atoms with Crippen LogP contribution in [0.1, 0.15) is 162 Å². The highest BCUT2D eigenvalue weighted by molar-refractivity contribution is 7.92. The molecule has 4 aliphatic heterocycles. The molecule has 6 amide bonds. The van der Waals surface area contributed by atoms with E-state index in [4.69, 9.17) is 44.7 Å². The summed E-state index contributed by atoms with van der Waals surface area (Å²) >= 11 is 9.53. The predicted octanol–water partition coefficient (Wildman–Crippen LogP) is 10.1. The molecule has 4 heterocycles. The number of amidine groups is 2. The number of nitrogens with two attached hydrogens (primary N) is 2. The number of urea groups is 2. The molecule has 2 aromatic rings. The normalized spacial score (nSPS) is 17.1. The van der Waals surface area contributed by atoms with Crippen molar-refractivity contribution in [2.45, 2.75) is 174 Å². The number of hydrogen-bond acceptors (Lipinski definition) is 11. The molecule has 25 heteroatoms. The number of unbranched alkanes of at least 4 members (excludes halogenated alkanes) is 11. The Morgan fingerprint density at radius 3 is 1.26 bits per heavy atom. The number of carbonyl (C=O) groups excluding carboxylic acids is 5. The molecule has 82 heavy (non-hydrogen) atoms. The van der Waals surface area contributed by atoms with Gasteiger partial charge in [0.1, 0.15) is 29.0 Å². The molecule has 19 nitrogen and oxygen atoms in total. The van der Waals surface area contributed by atoms with Gasteiger partial charge in [0, 0.05) is 88.1 Å². The fourth-order valence-corrected chi connectivity index (χ4v) is 12.7. The summed E-state index contributed by atoms with van der Waals surface area (Å²) in [6.45, 7) is 8.21. The fraction of sp³-hybridized carbons (Fsp3) is 0.596. The Labute approximate surface area is 493 Å². The minimum atomic E-state index is -3.72. The standard InChI is InChI=1S/C28H41F2N5O4S.C28H41N5O5S.CH2Cl2/c1-20-18-22(34(3)27(31)37)19-21(2)23(20)12-17-40(38,39)35-15-13-28(14-16-35)26(36)32-25(33-28)11-9-7-5-4-6-8-10-24(29)30;1-21-19-23(32(3)27(29)36)20-22(2)24(21)12-18-39(37,38)33-15-13-28(14-16-33)26(35)30-25(31-28)11-9-7-5-4-6-8-10-17-34;2-1-3/h12,17-19,24H,4-11,13-16H2,1-3H3,(H2,31,37)(H,32,33,36);12,17-20H,4-11,13-16H2,1-3H3,(H2,29,36)(H,30,31,35);1H2/b17-12+;18-12+;. The van der Waals surface area contributed by atoms with Crippen molar-refractivity contribution in [2.24, 2.45) is 21.5 Å². The number of anilines is 2. The maximum atomic E-state index is 13.1. The molecule has 456 valence electrons. The van der Waals surface area contributed by atoms with Crippen LogP contribution in [-0.4, -0.2) is 130 Å². The minimum Gasteiger partial charge on any atom is -0.351 e. The van der Waals surface area contributed by atoms with Crippen molar-refractivity contribution in [2.75, 3.05) is 55.4 Å². The van der Waals surface area contributed by atoms with Crippen LogP contribution in [0.25, 0.3) is 12.2 Å². The van der Waals surface area contributed by atoms with Crippen LogP contribution in [0.5, 0.6) is 0 Å². The number of hydrogen-bond donors (Lipinski definition) is 4. The van der Waals surface area contributed by atoms with Gasteiger partial charge in [0.2, 0.25) is 26.5 Å². The molecule has 0 aliphatic carbocycles. The first-order valence-electron chi connectivity index (χ1n) is 28.0. The second kappa shape index (κ2) is 32.7. The number of rotatable bonds is 26. The van der Waals surface area contributed by atoms with E-state index >= 15 is 0 Å². The number of halogens is 4. The van der Waals surface area contributed by atoms with Gasteiger partial charge in [0.05, 0.1) is 5.34 Å². The number of primary amides is 2. The second-order valence-electron chi connectivity index (χ2n) is 21.3. The quantitative estimate of drug-likeness (QED) is 0.0396. The van der Waals surface area contributed by atoms with E-state index in [2.05, 4.69) is 10.6 Å². The lowest BCUT2D eigenvalue weighted by Gasteiger charge is -2.34. The number of benzene rings is 2. The molecular formula is C57H84Cl2F2N10O9S2. The molecule has 0 aromatic heterocycles. The van der Waals surface area contributed by atoms with Gasteiger partial charge in [-0.25, -0.2) is 35.2 Å². The molecule has 6 N–H and O–H groups in total. The third-order valence-corrected chi connectivity index (χ3v) is 18.5. The van der Waals surface area contributed by atoms with Crippen LogP contribution < -0.4 is 31.9 Å². The smallest absolute Gasteiger partial charge is 0.318 e. The number of sulfonamides is 2. The topological polar surface area (TPSA) is 267 Å². The van der Waals surface area contributed by atoms with Gasteiger partial charge in [-0.15, -0.1) is 23.2 Å². The van der Waals surface area contributed by atoms with E-state index in [-0.39, 0.29) is 49.8 Å². The van der Waals surface area contributed by atoms with Gasteiger partial charge >= 0.3 is 12.1 Å². The van der Waals surface area contributed by atoms with Crippen LogP contribution in [-0.2, 0) is 34.4 Å². The van der Waals surface area contributed by atoms with Crippen LogP contribution in [0, 0.1) is 27.7 Å². The molecule has 0 bridgehead atoms. The van der Waals surface area contributed by atoms with Crippen LogP contribution in [0.3, 0.4) is 0 Å². The van der Waals surface area contributed by atoms with Gasteiger partial charge in [0.15, 0.2) is 0 Å². The third kappa shape index (κ3) is 20.2. The van der Waals surface area contributed by atoms with Crippen LogP contribution in [0.2, 0.25) is 0 Å². The number of alkyl halides is 4. The van der Waals surface area contributed by atoms with Gasteiger partial charge in [0.25, 0.3) is 11.8 Å². The first-order valence-corrected chi connectivity index (χ1v) is 32.1. The van der Waals surface area contributed by atoms with E-state index in [0.717, 1.165) is 110 Å². The number of amides is 6. The summed E-state index contributed by atoms with van der Waals surface area (Å²) in [5.74, 6) is 1.05. The molecule has 0 unspecified atom stereocenters. The van der Waals surface area contributed by atoms with Gasteiger partial charge in [-0.1, -0.05) is 51.4 Å². The molecule has 0 atom stereocenters. The highest BCUT2D eigenvalue weighted by Gasteiger charge is 2.48. The maximum absolute atomic E-state index is 13.1. The molecule has 2 fully saturated rings. The van der Waals surface area contributed by atoms with Crippen LogP contribution in [0.15, 0.2) is 45.1 Å². The summed E-state index contributed by atoms with van der Waals surface area (Å²) in [5, 5.41) is 8.40. The highest BCUT2D eigenvalue weighted by atomic mass is 35.5. The number of nitrogens with zero attached hydrogens (tertiary/aromatic N) is 6. The highest BCUT2D eigenvalue weighted by Crippen LogP contribution is 2.35. The second-order valence-corrected chi connectivity index (χ2v) is 25.8. The van der Waals surface area contributed by atoms with E-state index in [1.54, 1.807) is 50.5 Å². The Morgan fingerprint density at radius 1 is 0.622 bits per heavy atom. The van der Waals surface area contributed by atoms with Crippen molar-refractivity contribution in [3.05, 3.63) is 68.5 Å². The first-order chi connectivity index (χ1) is 38.7. The number of aliphatic imine (C=N–C) groups is 2. The molecule has 0 radical (unpaired) electrons. The zero-order valence-corrected chi connectivity index (χ0v) is 51.4. The molecule has 6 rings (SSSR count). The Hall–Kier alpha value is -5.33. The lowest BCUT2D eigenvalue weighted by molar-refractivity contribution is -0.125. The van der Waals surface area contributed by atoms with E-state index < -0.39 is 49.6 Å². The van der Waals surface area contributed by atoms with Crippen molar-refractivity contribution in [3.8, 4) is 0 Å². The molecule has 2 spiro atoms. The summed E-state index contributed by atoms with van der Waals surface area (Å²) < 4.78 is 79.5. The van der Waals surface area contributed by atoms with Crippen molar-refractivity contribution in [3.63, 3.8) is 0 Å². The summed E-state index contributed by atoms with van der Waals surface area (Å²) in [4.78, 5) is 71.0. The average Bonchev–Trinajstić information content (AvgIpc) is 4.14. The SMILES string of the molecule is Cc1cc(N(C)C(N)=O)cc(C)c1/C=C/S(=O)(=O)N1CCC2(CC1)N=C(CCCCCCCCC(F)F)NC2=O.Cc1cc(N(C)C(N)=O)cc(C)c1/C=C/S(=O)(=O)N1CCC2(CC1)N=C(CCCCCCCCC=O)NC2=O.ClCCl. The summed E-state index contributed by atoms with van der Waals surface area (Å²) in [6.07, 6.45) is 16.4. The fourth-order valence-electron chi connectivity index (χ4n) is 10.4. The van der Waals surface area contributed by atoms with Crippen molar-refractivity contribution < 1.29 is 49.6 Å². The molecule has 4 aliphatic rings. The number of aldehydes is 1. The molecule has 0 saturated carbocycles. The maximum Gasteiger partial charge on any atom is 0.318 e. The van der Waals surface area contributed by atoms with E-state index in [0.29, 0.717) is 74.4 Å². The Balaban J connectivity index is 0.000000336. The number of carbonyl (C=O) groups is 5. The Morgan fingerprint density at radius 2 is 0.939 bits per heavy atom.